The van der Waals surface area contributed by atoms with Crippen molar-refractivity contribution in [3.63, 3.8) is 0 Å². The van der Waals surface area contributed by atoms with Gasteiger partial charge in [0.25, 0.3) is 0 Å². The van der Waals surface area contributed by atoms with Gasteiger partial charge in [-0.05, 0) is 35.2 Å². The van der Waals surface area contributed by atoms with E-state index in [1.54, 1.807) is 7.11 Å². The minimum atomic E-state index is 0.0696. The van der Waals surface area contributed by atoms with Gasteiger partial charge in [0.1, 0.15) is 5.75 Å². The number of amides is 1. The van der Waals surface area contributed by atoms with Crippen LogP contribution in [0.2, 0.25) is 0 Å². The molecule has 1 N–H and O–H groups in total. The molecular weight excluding hydrogens is 288 g/mol. The molecule has 120 valence electrons. The molecule has 0 fully saturated rings. The smallest absolute Gasteiger partial charge is 0.234 e. The van der Waals surface area contributed by atoms with Crippen LogP contribution in [0.5, 0.6) is 5.75 Å². The molecule has 0 bridgehead atoms. The number of hydrogen-bond donors (Lipinski definition) is 1. The van der Waals surface area contributed by atoms with Gasteiger partial charge in [-0.2, -0.15) is 0 Å². The van der Waals surface area contributed by atoms with Crippen molar-refractivity contribution < 1.29 is 9.53 Å². The summed E-state index contributed by atoms with van der Waals surface area (Å²) in [6.07, 6.45) is 1.02. The number of nitrogens with zero attached hydrogens (tertiary/aromatic N) is 1. The summed E-state index contributed by atoms with van der Waals surface area (Å²) in [7, 11) is 1.65. The second kappa shape index (κ2) is 7.29. The van der Waals surface area contributed by atoms with Gasteiger partial charge in [-0.1, -0.05) is 36.4 Å². The quantitative estimate of drug-likeness (QED) is 0.922. The van der Waals surface area contributed by atoms with Crippen molar-refractivity contribution in [1.29, 1.82) is 0 Å². The fraction of sp³-hybridized carbons (Fsp3) is 0.316. The molecule has 1 aliphatic heterocycles. The molecule has 0 saturated heterocycles. The Labute approximate surface area is 137 Å². The maximum absolute atomic E-state index is 12.1. The van der Waals surface area contributed by atoms with Gasteiger partial charge < -0.3 is 10.1 Å². The zero-order valence-electron chi connectivity index (χ0n) is 13.4. The van der Waals surface area contributed by atoms with Crippen LogP contribution in [0.25, 0.3) is 0 Å². The SMILES string of the molecule is COc1ccc(CNC(=O)CN2CCc3ccccc3C2)cc1. The van der Waals surface area contributed by atoms with E-state index in [1.165, 1.54) is 11.1 Å². The standard InChI is InChI=1S/C19H22N2O2/c1-23-18-8-6-15(7-9-18)12-20-19(22)14-21-11-10-16-4-2-3-5-17(16)13-21/h2-9H,10-14H2,1H3,(H,20,22). The third-order valence-electron chi connectivity index (χ3n) is 4.23. The van der Waals surface area contributed by atoms with Crippen molar-refractivity contribution >= 4 is 5.91 Å². The number of carbonyl (C=O) groups excluding carboxylic acids is 1. The van der Waals surface area contributed by atoms with Gasteiger partial charge in [0.05, 0.1) is 13.7 Å². The highest BCUT2D eigenvalue weighted by Crippen LogP contribution is 2.18. The van der Waals surface area contributed by atoms with E-state index in [1.807, 2.05) is 24.3 Å². The van der Waals surface area contributed by atoms with Gasteiger partial charge in [-0.15, -0.1) is 0 Å². The average molecular weight is 310 g/mol. The fourth-order valence-corrected chi connectivity index (χ4v) is 2.89. The molecule has 4 nitrogen and oxygen atoms in total. The van der Waals surface area contributed by atoms with Gasteiger partial charge in [0.2, 0.25) is 5.91 Å². The first-order valence-corrected chi connectivity index (χ1v) is 7.93. The number of hydrogen-bond acceptors (Lipinski definition) is 3. The highest BCUT2D eigenvalue weighted by molar-refractivity contribution is 5.78. The first-order chi connectivity index (χ1) is 11.2. The number of ether oxygens (including phenoxy) is 1. The van der Waals surface area contributed by atoms with Crippen LogP contribution in [0.3, 0.4) is 0 Å². The van der Waals surface area contributed by atoms with E-state index < -0.39 is 0 Å². The molecule has 3 rings (SSSR count). The second-order valence-corrected chi connectivity index (χ2v) is 5.85. The molecule has 1 aliphatic rings. The van der Waals surface area contributed by atoms with Crippen LogP contribution in [0.15, 0.2) is 48.5 Å². The number of benzene rings is 2. The molecule has 0 saturated carbocycles. The van der Waals surface area contributed by atoms with Crippen LogP contribution < -0.4 is 10.1 Å². The topological polar surface area (TPSA) is 41.6 Å². The van der Waals surface area contributed by atoms with Gasteiger partial charge >= 0.3 is 0 Å². The third kappa shape index (κ3) is 4.11. The maximum atomic E-state index is 12.1. The molecule has 0 atom stereocenters. The van der Waals surface area contributed by atoms with Crippen molar-refractivity contribution in [2.24, 2.45) is 0 Å². The Balaban J connectivity index is 1.48. The highest BCUT2D eigenvalue weighted by atomic mass is 16.5. The second-order valence-electron chi connectivity index (χ2n) is 5.85. The Hall–Kier alpha value is -2.33. The summed E-state index contributed by atoms with van der Waals surface area (Å²) in [6.45, 7) is 2.79. The molecule has 0 unspecified atom stereocenters. The molecular formula is C19H22N2O2. The molecule has 2 aromatic carbocycles. The number of carbonyl (C=O) groups is 1. The summed E-state index contributed by atoms with van der Waals surface area (Å²) < 4.78 is 5.13. The summed E-state index contributed by atoms with van der Waals surface area (Å²) in [4.78, 5) is 14.3. The van der Waals surface area contributed by atoms with E-state index in [-0.39, 0.29) is 5.91 Å². The Kier molecular flexibility index (Phi) is 4.93. The number of rotatable bonds is 5. The lowest BCUT2D eigenvalue weighted by atomic mass is 10.00. The molecule has 0 radical (unpaired) electrons. The van der Waals surface area contributed by atoms with Crippen molar-refractivity contribution in [2.45, 2.75) is 19.5 Å². The van der Waals surface area contributed by atoms with E-state index >= 15 is 0 Å². The van der Waals surface area contributed by atoms with Crippen molar-refractivity contribution in [3.8, 4) is 5.75 Å². The van der Waals surface area contributed by atoms with Crippen molar-refractivity contribution in [2.75, 3.05) is 20.2 Å². The molecule has 2 aromatic rings. The Morgan fingerprint density at radius 3 is 2.61 bits per heavy atom. The van der Waals surface area contributed by atoms with Gasteiger partial charge in [0, 0.05) is 19.6 Å². The van der Waals surface area contributed by atoms with E-state index in [0.717, 1.165) is 30.8 Å². The zero-order valence-corrected chi connectivity index (χ0v) is 13.4. The van der Waals surface area contributed by atoms with Gasteiger partial charge in [-0.3, -0.25) is 9.69 Å². The molecule has 1 amide bonds. The van der Waals surface area contributed by atoms with E-state index in [0.29, 0.717) is 13.1 Å². The summed E-state index contributed by atoms with van der Waals surface area (Å²) in [6, 6.07) is 16.2. The number of nitrogens with one attached hydrogen (secondary N) is 1. The third-order valence-corrected chi connectivity index (χ3v) is 4.23. The number of methoxy groups -OCH3 is 1. The van der Waals surface area contributed by atoms with Crippen molar-refractivity contribution in [1.82, 2.24) is 10.2 Å². The molecule has 1 heterocycles. The minimum absolute atomic E-state index is 0.0696. The average Bonchev–Trinajstić information content (AvgIpc) is 2.60. The number of fused-ring (bicyclic) bond motifs is 1. The lowest BCUT2D eigenvalue weighted by Crippen LogP contribution is -2.39. The molecule has 0 aliphatic carbocycles. The van der Waals surface area contributed by atoms with Gasteiger partial charge in [0.15, 0.2) is 0 Å². The van der Waals surface area contributed by atoms with Crippen LogP contribution >= 0.6 is 0 Å². The first kappa shape index (κ1) is 15.6. The predicted octanol–water partition coefficient (Wildman–Crippen LogP) is 2.37. The Morgan fingerprint density at radius 1 is 1.13 bits per heavy atom. The molecule has 4 heteroatoms. The predicted molar refractivity (Wildman–Crippen MR) is 90.3 cm³/mol. The highest BCUT2D eigenvalue weighted by Gasteiger charge is 2.17. The maximum Gasteiger partial charge on any atom is 0.234 e. The molecule has 23 heavy (non-hydrogen) atoms. The van der Waals surface area contributed by atoms with Crippen LogP contribution in [0.1, 0.15) is 16.7 Å². The summed E-state index contributed by atoms with van der Waals surface area (Å²) >= 11 is 0. The van der Waals surface area contributed by atoms with E-state index in [4.69, 9.17) is 4.74 Å². The minimum Gasteiger partial charge on any atom is -0.497 e. The first-order valence-electron chi connectivity index (χ1n) is 7.93. The Bertz CT molecular complexity index is 667. The summed E-state index contributed by atoms with van der Waals surface area (Å²) in [5.74, 6) is 0.896. The lowest BCUT2D eigenvalue weighted by Gasteiger charge is -2.28. The normalized spacial score (nSPS) is 14.1. The monoisotopic (exact) mass is 310 g/mol. The largest absolute Gasteiger partial charge is 0.497 e. The fourth-order valence-electron chi connectivity index (χ4n) is 2.89. The van der Waals surface area contributed by atoms with E-state index in [2.05, 4.69) is 34.5 Å². The van der Waals surface area contributed by atoms with E-state index in [9.17, 15) is 4.79 Å². The molecule has 0 aromatic heterocycles. The lowest BCUT2D eigenvalue weighted by molar-refractivity contribution is -0.122. The van der Waals surface area contributed by atoms with Gasteiger partial charge in [-0.25, -0.2) is 0 Å². The summed E-state index contributed by atoms with van der Waals surface area (Å²) in [5, 5.41) is 2.99. The molecule has 0 spiro atoms. The summed E-state index contributed by atoms with van der Waals surface area (Å²) in [5.41, 5.74) is 3.81. The van der Waals surface area contributed by atoms with Crippen molar-refractivity contribution in [3.05, 3.63) is 65.2 Å². The van der Waals surface area contributed by atoms with Crippen LogP contribution in [-0.4, -0.2) is 31.0 Å². The van der Waals surface area contributed by atoms with Crippen LogP contribution in [0.4, 0.5) is 0 Å². The van der Waals surface area contributed by atoms with Crippen LogP contribution in [-0.2, 0) is 24.3 Å². The Morgan fingerprint density at radius 2 is 1.87 bits per heavy atom. The zero-order chi connectivity index (χ0) is 16.1. The van der Waals surface area contributed by atoms with Crippen LogP contribution in [0, 0.1) is 0 Å².